The Morgan fingerprint density at radius 2 is 1.12 bits per heavy atom. The average Bonchev–Trinajstić information content (AvgIpc) is 2.13. The summed E-state index contributed by atoms with van der Waals surface area (Å²) in [6.45, 7) is 0. The molecule has 0 heterocycles. The van der Waals surface area contributed by atoms with E-state index in [1.807, 2.05) is 0 Å². The minimum absolute atomic E-state index is 0.322. The summed E-state index contributed by atoms with van der Waals surface area (Å²) in [6, 6.07) is 9.15. The van der Waals surface area contributed by atoms with E-state index in [9.17, 15) is 8.78 Å². The van der Waals surface area contributed by atoms with E-state index in [0.29, 0.717) is 8.95 Å². The molecule has 0 nitrogen and oxygen atoms in total. The molecule has 0 spiro atoms. The molecule has 88 valence electrons. The summed E-state index contributed by atoms with van der Waals surface area (Å²) >= 11 is 7.74. The summed E-state index contributed by atoms with van der Waals surface area (Å²) in [5.74, 6) is -0.644. The van der Waals surface area contributed by atoms with Crippen LogP contribution in [0.4, 0.5) is 8.78 Å². The fraction of sp³-hybridized carbons (Fsp3) is 0. The normalized spacial score (nSPS) is 10.6. The molecule has 0 saturated carbocycles. The van der Waals surface area contributed by atoms with Crippen molar-refractivity contribution in [1.29, 1.82) is 0 Å². The van der Waals surface area contributed by atoms with Crippen LogP contribution in [0.15, 0.2) is 55.1 Å². The zero-order chi connectivity index (χ0) is 12.4. The fourth-order valence-corrected chi connectivity index (χ4v) is 3.53. The van der Waals surface area contributed by atoms with Crippen LogP contribution in [0.25, 0.3) is 0 Å². The molecule has 2 aromatic carbocycles. The highest BCUT2D eigenvalue weighted by Gasteiger charge is 2.04. The van der Waals surface area contributed by atoms with Gasteiger partial charge in [0.1, 0.15) is 11.6 Å². The second-order valence-corrected chi connectivity index (χ2v) is 6.29. The molecule has 0 fully saturated rings. The van der Waals surface area contributed by atoms with Crippen LogP contribution >= 0.6 is 43.6 Å². The molecule has 17 heavy (non-hydrogen) atoms. The van der Waals surface area contributed by atoms with Crippen molar-refractivity contribution in [3.05, 3.63) is 57.0 Å². The first-order valence-electron chi connectivity index (χ1n) is 4.63. The van der Waals surface area contributed by atoms with E-state index in [4.69, 9.17) is 0 Å². The summed E-state index contributed by atoms with van der Waals surface area (Å²) in [7, 11) is 0. The zero-order valence-electron chi connectivity index (χ0n) is 8.38. The van der Waals surface area contributed by atoms with E-state index in [0.717, 1.165) is 9.79 Å². The van der Waals surface area contributed by atoms with Crippen LogP contribution < -0.4 is 0 Å². The van der Waals surface area contributed by atoms with E-state index in [-0.39, 0.29) is 11.6 Å². The molecule has 0 atom stereocenters. The van der Waals surface area contributed by atoms with Gasteiger partial charge in [-0.25, -0.2) is 8.78 Å². The Labute approximate surface area is 119 Å². The van der Waals surface area contributed by atoms with Gasteiger partial charge in [0.15, 0.2) is 0 Å². The molecular weight excluding hydrogens is 374 g/mol. The van der Waals surface area contributed by atoms with Gasteiger partial charge in [-0.3, -0.25) is 0 Å². The largest absolute Gasteiger partial charge is 0.207 e. The van der Waals surface area contributed by atoms with Gasteiger partial charge in [-0.15, -0.1) is 0 Å². The maximum atomic E-state index is 13.2. The Bertz CT molecular complexity index is 468. The van der Waals surface area contributed by atoms with E-state index in [1.54, 1.807) is 12.1 Å². The molecule has 0 saturated heterocycles. The van der Waals surface area contributed by atoms with Gasteiger partial charge in [0.2, 0.25) is 0 Å². The zero-order valence-corrected chi connectivity index (χ0v) is 12.4. The van der Waals surface area contributed by atoms with Crippen molar-refractivity contribution >= 4 is 43.6 Å². The molecule has 0 unspecified atom stereocenters. The SMILES string of the molecule is Fc1cc(Br)cc(Sc2cc(F)cc(Br)c2)c1. The molecule has 0 bridgehead atoms. The van der Waals surface area contributed by atoms with Crippen LogP contribution in [-0.2, 0) is 0 Å². The summed E-state index contributed by atoms with van der Waals surface area (Å²) in [4.78, 5) is 1.43. The number of hydrogen-bond donors (Lipinski definition) is 0. The lowest BCUT2D eigenvalue weighted by Crippen LogP contribution is -1.80. The summed E-state index contributed by atoms with van der Waals surface area (Å²) in [5.41, 5.74) is 0. The minimum atomic E-state index is -0.322. The monoisotopic (exact) mass is 378 g/mol. The van der Waals surface area contributed by atoms with Crippen LogP contribution in [-0.4, -0.2) is 0 Å². The standard InChI is InChI=1S/C12H6Br2F2S/c13-7-1-9(15)5-11(3-7)17-12-4-8(14)2-10(16)6-12/h1-6H. The van der Waals surface area contributed by atoms with Crippen molar-refractivity contribution in [2.75, 3.05) is 0 Å². The average molecular weight is 380 g/mol. The molecule has 0 aliphatic carbocycles. The third kappa shape index (κ3) is 3.79. The van der Waals surface area contributed by atoms with E-state index in [1.165, 1.54) is 36.0 Å². The van der Waals surface area contributed by atoms with Crippen LogP contribution in [0.5, 0.6) is 0 Å². The maximum Gasteiger partial charge on any atom is 0.125 e. The molecule has 0 aromatic heterocycles. The van der Waals surface area contributed by atoms with Crippen molar-refractivity contribution in [3.63, 3.8) is 0 Å². The molecular formula is C12H6Br2F2S. The van der Waals surface area contributed by atoms with E-state index < -0.39 is 0 Å². The van der Waals surface area contributed by atoms with Gasteiger partial charge >= 0.3 is 0 Å². The highest BCUT2D eigenvalue weighted by Crippen LogP contribution is 2.32. The Morgan fingerprint density at radius 3 is 1.47 bits per heavy atom. The highest BCUT2D eigenvalue weighted by atomic mass is 79.9. The Kier molecular flexibility index (Phi) is 4.22. The lowest BCUT2D eigenvalue weighted by atomic mass is 10.3. The van der Waals surface area contributed by atoms with Gasteiger partial charge in [0, 0.05) is 18.7 Å². The quantitative estimate of drug-likeness (QED) is 0.650. The topological polar surface area (TPSA) is 0 Å². The molecule has 0 amide bonds. The minimum Gasteiger partial charge on any atom is -0.207 e. The van der Waals surface area contributed by atoms with Crippen LogP contribution in [0.3, 0.4) is 0 Å². The summed E-state index contributed by atoms with van der Waals surface area (Å²) in [6.07, 6.45) is 0. The third-order valence-corrected chi connectivity index (χ3v) is 3.77. The molecule has 2 aromatic rings. The van der Waals surface area contributed by atoms with Gasteiger partial charge in [-0.05, 0) is 36.4 Å². The molecule has 0 radical (unpaired) electrons. The first-order valence-corrected chi connectivity index (χ1v) is 7.03. The molecule has 2 rings (SSSR count). The molecule has 0 aliphatic rings. The lowest BCUT2D eigenvalue weighted by Gasteiger charge is -2.04. The predicted molar refractivity (Wildman–Crippen MR) is 72.3 cm³/mol. The number of benzene rings is 2. The second-order valence-electron chi connectivity index (χ2n) is 3.31. The second kappa shape index (κ2) is 5.50. The van der Waals surface area contributed by atoms with E-state index in [2.05, 4.69) is 31.9 Å². The van der Waals surface area contributed by atoms with Crippen molar-refractivity contribution < 1.29 is 8.78 Å². The van der Waals surface area contributed by atoms with Crippen LogP contribution in [0, 0.1) is 11.6 Å². The van der Waals surface area contributed by atoms with Gasteiger partial charge < -0.3 is 0 Å². The third-order valence-electron chi connectivity index (χ3n) is 1.91. The van der Waals surface area contributed by atoms with E-state index >= 15 is 0 Å². The number of halogens is 4. The predicted octanol–water partition coefficient (Wildman–Crippen LogP) is 5.64. The molecule has 0 N–H and O–H groups in total. The molecule has 0 aliphatic heterocycles. The first-order chi connectivity index (χ1) is 8.02. The van der Waals surface area contributed by atoms with Crippen LogP contribution in [0.2, 0.25) is 0 Å². The van der Waals surface area contributed by atoms with Gasteiger partial charge in [-0.1, -0.05) is 43.6 Å². The summed E-state index contributed by atoms with van der Waals surface area (Å²) in [5, 5.41) is 0. The molecule has 5 heteroatoms. The lowest BCUT2D eigenvalue weighted by molar-refractivity contribution is 0.622. The number of hydrogen-bond acceptors (Lipinski definition) is 1. The van der Waals surface area contributed by atoms with Crippen molar-refractivity contribution in [3.8, 4) is 0 Å². The maximum absolute atomic E-state index is 13.2. The summed E-state index contributed by atoms with van der Waals surface area (Å²) < 4.78 is 27.7. The van der Waals surface area contributed by atoms with Crippen molar-refractivity contribution in [2.45, 2.75) is 9.79 Å². The first kappa shape index (κ1) is 13.1. The Morgan fingerprint density at radius 1 is 0.706 bits per heavy atom. The van der Waals surface area contributed by atoms with Gasteiger partial charge in [-0.2, -0.15) is 0 Å². The Hall–Kier alpha value is -0.390. The smallest absolute Gasteiger partial charge is 0.125 e. The van der Waals surface area contributed by atoms with Crippen molar-refractivity contribution in [2.24, 2.45) is 0 Å². The Balaban J connectivity index is 2.31. The van der Waals surface area contributed by atoms with Crippen molar-refractivity contribution in [1.82, 2.24) is 0 Å². The van der Waals surface area contributed by atoms with Gasteiger partial charge in [0.25, 0.3) is 0 Å². The van der Waals surface area contributed by atoms with Crippen LogP contribution in [0.1, 0.15) is 0 Å². The fourth-order valence-electron chi connectivity index (χ4n) is 1.31. The number of rotatable bonds is 2. The highest BCUT2D eigenvalue weighted by molar-refractivity contribution is 9.10. The van der Waals surface area contributed by atoms with Gasteiger partial charge in [0.05, 0.1) is 0 Å².